The third kappa shape index (κ3) is 3.85. The number of fused-ring (bicyclic) bond motifs is 1. The van der Waals surface area contributed by atoms with Gasteiger partial charge in [0.05, 0.1) is 28.1 Å². The van der Waals surface area contributed by atoms with Crippen molar-refractivity contribution in [1.29, 1.82) is 0 Å². The predicted octanol–water partition coefficient (Wildman–Crippen LogP) is 3.47. The fourth-order valence-corrected chi connectivity index (χ4v) is 5.82. The highest BCUT2D eigenvalue weighted by Crippen LogP contribution is 2.39. The van der Waals surface area contributed by atoms with Crippen LogP contribution in [0.1, 0.15) is 26.3 Å². The van der Waals surface area contributed by atoms with E-state index in [2.05, 4.69) is 4.99 Å². The Labute approximate surface area is 184 Å². The highest BCUT2D eigenvalue weighted by molar-refractivity contribution is 7.92. The van der Waals surface area contributed by atoms with Crippen molar-refractivity contribution in [3.8, 4) is 0 Å². The summed E-state index contributed by atoms with van der Waals surface area (Å²) in [6, 6.07) is 8.00. The Morgan fingerprint density at radius 3 is 2.28 bits per heavy atom. The topological polar surface area (TPSA) is 83.9 Å². The van der Waals surface area contributed by atoms with E-state index in [0.29, 0.717) is 5.56 Å². The van der Waals surface area contributed by atoms with E-state index in [-0.39, 0.29) is 22.8 Å². The fourth-order valence-electron chi connectivity index (χ4n) is 4.32. The van der Waals surface area contributed by atoms with Crippen LogP contribution in [0.2, 0.25) is 0 Å². The molecule has 1 amide bonds. The average Bonchev–Trinajstić information content (AvgIpc) is 2.93. The van der Waals surface area contributed by atoms with Crippen molar-refractivity contribution in [3.05, 3.63) is 59.7 Å². The Kier molecular flexibility index (Phi) is 5.27. The zero-order valence-corrected chi connectivity index (χ0v) is 18.6. The third-order valence-corrected chi connectivity index (χ3v) is 7.35. The minimum atomic E-state index is -3.97. The van der Waals surface area contributed by atoms with Crippen LogP contribution < -0.4 is 0 Å². The molecule has 9 heteroatoms. The molecule has 2 aromatic carbocycles. The van der Waals surface area contributed by atoms with E-state index < -0.39 is 56.3 Å². The molecule has 2 heterocycles. The number of benzene rings is 2. The summed E-state index contributed by atoms with van der Waals surface area (Å²) in [5.41, 5.74) is -0.0367. The zero-order valence-electron chi connectivity index (χ0n) is 17.8. The van der Waals surface area contributed by atoms with Gasteiger partial charge in [-0.3, -0.25) is 14.6 Å². The molecule has 0 radical (unpaired) electrons. The number of rotatable bonds is 3. The van der Waals surface area contributed by atoms with Crippen molar-refractivity contribution in [1.82, 2.24) is 4.90 Å². The molecule has 0 bridgehead atoms. The van der Waals surface area contributed by atoms with Gasteiger partial charge in [-0.2, -0.15) is 0 Å². The van der Waals surface area contributed by atoms with Crippen molar-refractivity contribution in [2.24, 2.45) is 16.3 Å². The number of carbonyl (C=O) groups excluding carboxylic acids is 2. The first-order valence-electron chi connectivity index (χ1n) is 10.1. The molecule has 2 aliphatic heterocycles. The molecule has 168 valence electrons. The third-order valence-electron chi connectivity index (χ3n) is 5.67. The second kappa shape index (κ2) is 7.58. The van der Waals surface area contributed by atoms with E-state index in [1.54, 1.807) is 0 Å². The van der Waals surface area contributed by atoms with Gasteiger partial charge in [0.25, 0.3) is 0 Å². The summed E-state index contributed by atoms with van der Waals surface area (Å²) in [6.45, 7) is 5.53. The predicted molar refractivity (Wildman–Crippen MR) is 114 cm³/mol. The molecule has 1 fully saturated rings. The van der Waals surface area contributed by atoms with Gasteiger partial charge in [-0.1, -0.05) is 32.9 Å². The summed E-state index contributed by atoms with van der Waals surface area (Å²) < 4.78 is 52.4. The first-order valence-corrected chi connectivity index (χ1v) is 11.7. The summed E-state index contributed by atoms with van der Waals surface area (Å²) in [4.78, 5) is 32.3. The Balaban J connectivity index is 1.76. The highest BCUT2D eigenvalue weighted by atomic mass is 32.2. The van der Waals surface area contributed by atoms with Crippen molar-refractivity contribution in [2.75, 3.05) is 5.75 Å². The molecule has 2 aliphatic rings. The lowest BCUT2D eigenvalue weighted by molar-refractivity contribution is -0.132. The van der Waals surface area contributed by atoms with Crippen LogP contribution >= 0.6 is 0 Å². The fraction of sp³-hybridized carbons (Fsp3) is 0.348. The van der Waals surface area contributed by atoms with E-state index in [1.165, 1.54) is 35.2 Å². The lowest BCUT2D eigenvalue weighted by Crippen LogP contribution is -2.44. The van der Waals surface area contributed by atoms with Crippen LogP contribution in [0.5, 0.6) is 0 Å². The van der Waals surface area contributed by atoms with Crippen LogP contribution in [-0.2, 0) is 26.0 Å². The van der Waals surface area contributed by atoms with Crippen LogP contribution in [-0.4, -0.2) is 42.5 Å². The lowest BCUT2D eigenvalue weighted by Gasteiger charge is -2.33. The standard InChI is InChI=1S/C23H22F2N2O4S/c1-23(2,3)21-20(28)19(22(29)27(21)11-13-4-6-14(24)7-5-13)17-12-32(30,31)18-10-15(25)8-9-16(18)26-17/h4-10,19,21H,11-12H2,1-3H3/t19?,21-/m1/s1. The van der Waals surface area contributed by atoms with Crippen molar-refractivity contribution in [3.63, 3.8) is 0 Å². The van der Waals surface area contributed by atoms with Crippen LogP contribution in [0.4, 0.5) is 14.5 Å². The molecule has 2 aromatic rings. The number of hydrogen-bond acceptors (Lipinski definition) is 5. The molecule has 0 spiro atoms. The molecular weight excluding hydrogens is 438 g/mol. The van der Waals surface area contributed by atoms with Crippen LogP contribution in [0, 0.1) is 23.0 Å². The summed E-state index contributed by atoms with van der Waals surface area (Å²) in [5.74, 6) is -4.07. The van der Waals surface area contributed by atoms with Crippen LogP contribution in [0.3, 0.4) is 0 Å². The van der Waals surface area contributed by atoms with Gasteiger partial charge in [-0.05, 0) is 41.3 Å². The van der Waals surface area contributed by atoms with Gasteiger partial charge in [0.15, 0.2) is 15.6 Å². The molecule has 32 heavy (non-hydrogen) atoms. The molecule has 2 atom stereocenters. The Morgan fingerprint density at radius 1 is 1.03 bits per heavy atom. The van der Waals surface area contributed by atoms with Gasteiger partial charge in [-0.15, -0.1) is 0 Å². The van der Waals surface area contributed by atoms with Gasteiger partial charge in [0.2, 0.25) is 5.91 Å². The molecule has 0 aromatic heterocycles. The second-order valence-corrected chi connectivity index (χ2v) is 11.1. The largest absolute Gasteiger partial charge is 0.327 e. The zero-order chi connectivity index (χ0) is 23.4. The molecule has 0 saturated carbocycles. The number of likely N-dealkylation sites (tertiary alicyclic amines) is 1. The number of carbonyl (C=O) groups is 2. The summed E-state index contributed by atoms with van der Waals surface area (Å²) in [7, 11) is -3.97. The summed E-state index contributed by atoms with van der Waals surface area (Å²) in [5, 5.41) is 0. The van der Waals surface area contributed by atoms with E-state index >= 15 is 0 Å². The van der Waals surface area contributed by atoms with Gasteiger partial charge in [-0.25, -0.2) is 17.2 Å². The molecular formula is C23H22F2N2O4S. The number of ketones is 1. The SMILES string of the molecule is CC(C)(C)[C@H]1C(=O)C(C2=Nc3ccc(F)cc3S(=O)(=O)C2)C(=O)N1Cc1ccc(F)cc1. The monoisotopic (exact) mass is 460 g/mol. The molecule has 4 rings (SSSR count). The maximum absolute atomic E-state index is 13.6. The van der Waals surface area contributed by atoms with Gasteiger partial charge in [0.1, 0.15) is 17.6 Å². The first-order chi connectivity index (χ1) is 14.9. The van der Waals surface area contributed by atoms with Crippen molar-refractivity contribution < 1.29 is 26.8 Å². The number of hydrogen-bond donors (Lipinski definition) is 0. The minimum absolute atomic E-state index is 0.0116. The van der Waals surface area contributed by atoms with Gasteiger partial charge >= 0.3 is 0 Å². The van der Waals surface area contributed by atoms with Crippen molar-refractivity contribution >= 4 is 32.9 Å². The molecule has 0 aliphatic carbocycles. The normalized spacial score (nSPS) is 22.7. The van der Waals surface area contributed by atoms with E-state index in [1.807, 2.05) is 20.8 Å². The van der Waals surface area contributed by atoms with Gasteiger partial charge in [0, 0.05) is 6.54 Å². The number of nitrogens with zero attached hydrogens (tertiary/aromatic N) is 2. The second-order valence-electron chi connectivity index (χ2n) is 9.17. The first kappa shape index (κ1) is 22.3. The number of amides is 1. The number of aliphatic imine (C=N–C) groups is 1. The van der Waals surface area contributed by atoms with Crippen molar-refractivity contribution in [2.45, 2.75) is 38.3 Å². The van der Waals surface area contributed by atoms with E-state index in [0.717, 1.165) is 12.1 Å². The van der Waals surface area contributed by atoms with E-state index in [4.69, 9.17) is 0 Å². The maximum Gasteiger partial charge on any atom is 0.239 e. The molecule has 1 unspecified atom stereocenters. The van der Waals surface area contributed by atoms with Gasteiger partial charge < -0.3 is 4.90 Å². The summed E-state index contributed by atoms with van der Waals surface area (Å²) in [6.07, 6.45) is 0. The molecule has 6 nitrogen and oxygen atoms in total. The quantitative estimate of drug-likeness (QED) is 0.657. The molecule has 0 N–H and O–H groups in total. The lowest BCUT2D eigenvalue weighted by atomic mass is 9.82. The van der Waals surface area contributed by atoms with Crippen LogP contribution in [0.15, 0.2) is 52.4 Å². The van der Waals surface area contributed by atoms with Crippen LogP contribution in [0.25, 0.3) is 0 Å². The highest BCUT2D eigenvalue weighted by Gasteiger charge is 2.54. The number of sulfone groups is 1. The Bertz CT molecular complexity index is 1250. The number of Topliss-reactive ketones (excluding diaryl/α,β-unsaturated/α-hetero) is 1. The maximum atomic E-state index is 13.6. The Hall–Kier alpha value is -2.94. The Morgan fingerprint density at radius 2 is 1.66 bits per heavy atom. The summed E-state index contributed by atoms with van der Waals surface area (Å²) >= 11 is 0. The van der Waals surface area contributed by atoms with E-state index in [9.17, 15) is 26.8 Å². The average molecular weight is 461 g/mol. The number of halogens is 2. The molecule has 1 saturated heterocycles. The minimum Gasteiger partial charge on any atom is -0.327 e. The smallest absolute Gasteiger partial charge is 0.239 e.